The van der Waals surface area contributed by atoms with Crippen LogP contribution in [0.1, 0.15) is 5.69 Å². The van der Waals surface area contributed by atoms with Gasteiger partial charge < -0.3 is 9.73 Å². The van der Waals surface area contributed by atoms with Crippen LogP contribution in [0.4, 0.5) is 6.01 Å². The highest BCUT2D eigenvalue weighted by atomic mass is 32.1. The fourth-order valence-corrected chi connectivity index (χ4v) is 2.85. The third-order valence-corrected chi connectivity index (χ3v) is 3.70. The summed E-state index contributed by atoms with van der Waals surface area (Å²) in [7, 11) is 1.81. The van der Waals surface area contributed by atoms with Crippen molar-refractivity contribution in [2.24, 2.45) is 0 Å². The third kappa shape index (κ3) is 1.61. The number of hydrogen-bond donors (Lipinski definition) is 1. The average Bonchev–Trinajstić information content (AvgIpc) is 2.92. The molecule has 0 radical (unpaired) electrons. The lowest BCUT2D eigenvalue weighted by Gasteiger charge is -1.95. The summed E-state index contributed by atoms with van der Waals surface area (Å²) < 4.78 is 6.97. The Bertz CT molecular complexity index is 669. The molecule has 2 heterocycles. The molecule has 17 heavy (non-hydrogen) atoms. The molecule has 1 aromatic carbocycles. The molecule has 2 aromatic heterocycles. The predicted octanol–water partition coefficient (Wildman–Crippen LogP) is 3.91. The van der Waals surface area contributed by atoms with Gasteiger partial charge in [-0.15, -0.1) is 11.3 Å². The van der Waals surface area contributed by atoms with Crippen molar-refractivity contribution < 1.29 is 4.42 Å². The number of nitrogens with one attached hydrogen (secondary N) is 1. The minimum atomic E-state index is 0.563. The summed E-state index contributed by atoms with van der Waals surface area (Å²) in [6, 6.07) is 8.89. The van der Waals surface area contributed by atoms with E-state index in [1.165, 1.54) is 10.1 Å². The average molecular weight is 244 g/mol. The van der Waals surface area contributed by atoms with Gasteiger partial charge in [0.25, 0.3) is 6.01 Å². The zero-order valence-electron chi connectivity index (χ0n) is 9.65. The van der Waals surface area contributed by atoms with E-state index in [-0.39, 0.29) is 0 Å². The molecule has 0 aliphatic heterocycles. The van der Waals surface area contributed by atoms with Crippen LogP contribution < -0.4 is 5.32 Å². The molecule has 4 heteroatoms. The van der Waals surface area contributed by atoms with Crippen molar-refractivity contribution in [3.05, 3.63) is 35.3 Å². The molecule has 0 unspecified atom stereocenters. The minimum Gasteiger partial charge on any atom is -0.423 e. The first-order valence-corrected chi connectivity index (χ1v) is 6.29. The van der Waals surface area contributed by atoms with E-state index in [2.05, 4.69) is 33.9 Å². The summed E-state index contributed by atoms with van der Waals surface area (Å²) in [6.07, 6.45) is 0. The zero-order valence-corrected chi connectivity index (χ0v) is 10.5. The number of rotatable bonds is 2. The number of benzene rings is 1. The molecule has 3 nitrogen and oxygen atoms in total. The summed E-state index contributed by atoms with van der Waals surface area (Å²) in [5.74, 6) is 0.854. The van der Waals surface area contributed by atoms with Gasteiger partial charge in [-0.05, 0) is 13.0 Å². The van der Waals surface area contributed by atoms with Crippen molar-refractivity contribution in [1.82, 2.24) is 4.98 Å². The van der Waals surface area contributed by atoms with E-state index in [4.69, 9.17) is 4.42 Å². The Morgan fingerprint density at radius 1 is 1.29 bits per heavy atom. The Balaban J connectivity index is 2.23. The lowest BCUT2D eigenvalue weighted by Crippen LogP contribution is -1.85. The fourth-order valence-electron chi connectivity index (χ4n) is 1.91. The molecular formula is C13H12N2OS. The zero-order chi connectivity index (χ0) is 11.8. The molecule has 0 aliphatic carbocycles. The Labute approximate surface area is 103 Å². The Kier molecular flexibility index (Phi) is 2.37. The lowest BCUT2D eigenvalue weighted by atomic mass is 10.1. The van der Waals surface area contributed by atoms with Crippen molar-refractivity contribution in [2.45, 2.75) is 6.92 Å². The van der Waals surface area contributed by atoms with Crippen LogP contribution in [0.2, 0.25) is 0 Å². The lowest BCUT2D eigenvalue weighted by molar-refractivity contribution is 0.589. The molecule has 0 spiro atoms. The van der Waals surface area contributed by atoms with E-state index in [0.29, 0.717) is 6.01 Å². The van der Waals surface area contributed by atoms with Crippen LogP contribution in [0.5, 0.6) is 0 Å². The first-order valence-electron chi connectivity index (χ1n) is 5.41. The van der Waals surface area contributed by atoms with Gasteiger partial charge in [-0.25, -0.2) is 0 Å². The van der Waals surface area contributed by atoms with Gasteiger partial charge in [-0.1, -0.05) is 18.2 Å². The van der Waals surface area contributed by atoms with E-state index >= 15 is 0 Å². The second kappa shape index (κ2) is 3.89. The highest BCUT2D eigenvalue weighted by Crippen LogP contribution is 2.36. The Hall–Kier alpha value is -1.81. The molecular weight excluding hydrogens is 232 g/mol. The molecule has 0 fully saturated rings. The van der Waals surface area contributed by atoms with Crippen molar-refractivity contribution in [1.29, 1.82) is 0 Å². The van der Waals surface area contributed by atoms with E-state index in [1.807, 2.05) is 13.0 Å². The van der Waals surface area contributed by atoms with Gasteiger partial charge in [0.05, 0.1) is 5.69 Å². The van der Waals surface area contributed by atoms with Gasteiger partial charge in [0.1, 0.15) is 0 Å². The number of anilines is 1. The minimum absolute atomic E-state index is 0.563. The third-order valence-electron chi connectivity index (χ3n) is 2.74. The monoisotopic (exact) mass is 244 g/mol. The molecule has 3 aromatic rings. The summed E-state index contributed by atoms with van der Waals surface area (Å²) in [5.41, 5.74) is 2.04. The van der Waals surface area contributed by atoms with E-state index < -0.39 is 0 Å². The molecule has 86 valence electrons. The van der Waals surface area contributed by atoms with Crippen LogP contribution in [0.15, 0.2) is 34.1 Å². The topological polar surface area (TPSA) is 38.1 Å². The second-order valence-corrected chi connectivity index (χ2v) is 4.74. The molecule has 0 saturated carbocycles. The fraction of sp³-hybridized carbons (Fsp3) is 0.154. The first-order chi connectivity index (χ1) is 8.29. The van der Waals surface area contributed by atoms with Crippen LogP contribution >= 0.6 is 11.3 Å². The maximum Gasteiger partial charge on any atom is 0.295 e. The van der Waals surface area contributed by atoms with Crippen LogP contribution in [-0.4, -0.2) is 12.0 Å². The number of aryl methyl sites for hydroxylation is 1. The van der Waals surface area contributed by atoms with E-state index in [1.54, 1.807) is 18.4 Å². The number of oxazole rings is 1. The quantitative estimate of drug-likeness (QED) is 0.742. The van der Waals surface area contributed by atoms with Gasteiger partial charge in [-0.2, -0.15) is 4.98 Å². The molecule has 0 aliphatic rings. The Morgan fingerprint density at radius 3 is 2.88 bits per heavy atom. The highest BCUT2D eigenvalue weighted by molar-refractivity contribution is 7.17. The number of hydrogen-bond acceptors (Lipinski definition) is 4. The van der Waals surface area contributed by atoms with E-state index in [9.17, 15) is 0 Å². The number of thiophene rings is 1. The van der Waals surface area contributed by atoms with Gasteiger partial charge in [-0.3, -0.25) is 0 Å². The smallest absolute Gasteiger partial charge is 0.295 e. The van der Waals surface area contributed by atoms with Gasteiger partial charge in [0.15, 0.2) is 5.76 Å². The van der Waals surface area contributed by atoms with Crippen LogP contribution in [0, 0.1) is 6.92 Å². The Morgan fingerprint density at radius 2 is 2.12 bits per heavy atom. The molecule has 0 saturated heterocycles. The van der Waals surface area contributed by atoms with Crippen molar-refractivity contribution in [3.63, 3.8) is 0 Å². The summed E-state index contributed by atoms with van der Waals surface area (Å²) in [4.78, 5) is 4.32. The standard InChI is InChI=1S/C13H12N2OS/c1-8-12(16-13(14-2)15-8)10-7-17-11-6-4-3-5-9(10)11/h3-7H,1-2H3,(H,14,15). The molecule has 0 amide bonds. The summed E-state index contributed by atoms with van der Waals surface area (Å²) in [6.45, 7) is 1.96. The maximum atomic E-state index is 5.70. The molecule has 1 N–H and O–H groups in total. The normalized spacial score (nSPS) is 10.9. The van der Waals surface area contributed by atoms with Crippen LogP contribution in [-0.2, 0) is 0 Å². The first kappa shape index (κ1) is 10.4. The summed E-state index contributed by atoms with van der Waals surface area (Å²) in [5, 5.41) is 6.27. The van der Waals surface area contributed by atoms with Gasteiger partial charge in [0, 0.05) is 28.1 Å². The highest BCUT2D eigenvalue weighted by Gasteiger charge is 2.14. The largest absolute Gasteiger partial charge is 0.423 e. The number of aromatic nitrogens is 1. The van der Waals surface area contributed by atoms with Gasteiger partial charge in [0.2, 0.25) is 0 Å². The van der Waals surface area contributed by atoms with Crippen molar-refractivity contribution >= 4 is 27.4 Å². The van der Waals surface area contributed by atoms with Crippen LogP contribution in [0.3, 0.4) is 0 Å². The van der Waals surface area contributed by atoms with Crippen molar-refractivity contribution in [3.8, 4) is 11.3 Å². The number of fused-ring (bicyclic) bond motifs is 1. The summed E-state index contributed by atoms with van der Waals surface area (Å²) >= 11 is 1.73. The SMILES string of the molecule is CNc1nc(C)c(-c2csc3ccccc23)o1. The molecule has 0 bridgehead atoms. The van der Waals surface area contributed by atoms with E-state index in [0.717, 1.165) is 17.0 Å². The van der Waals surface area contributed by atoms with Crippen LogP contribution in [0.25, 0.3) is 21.4 Å². The van der Waals surface area contributed by atoms with Crippen molar-refractivity contribution in [2.75, 3.05) is 12.4 Å². The maximum absolute atomic E-state index is 5.70. The van der Waals surface area contributed by atoms with Gasteiger partial charge >= 0.3 is 0 Å². The number of nitrogens with zero attached hydrogens (tertiary/aromatic N) is 1. The predicted molar refractivity (Wildman–Crippen MR) is 71.6 cm³/mol. The molecule has 3 rings (SSSR count). The second-order valence-electron chi connectivity index (χ2n) is 3.83. The molecule has 0 atom stereocenters.